The number of benzene rings is 2. The quantitative estimate of drug-likeness (QED) is 0.0788. The molecule has 240 valence electrons. The van der Waals surface area contributed by atoms with Gasteiger partial charge in [0.05, 0.1) is 25.2 Å². The van der Waals surface area contributed by atoms with Crippen molar-refractivity contribution in [1.29, 1.82) is 0 Å². The van der Waals surface area contributed by atoms with E-state index in [1.165, 1.54) is 81.8 Å². The molecule has 3 heterocycles. The number of unbranched alkanes of at least 4 members (excludes halogenated alkanes) is 8. The summed E-state index contributed by atoms with van der Waals surface area (Å²) in [7, 11) is 0. The Morgan fingerprint density at radius 2 is 1.27 bits per heavy atom. The molecule has 3 saturated heterocycles. The molecule has 2 aromatic rings. The molecule has 2 bridgehead atoms. The zero-order valence-electron chi connectivity index (χ0n) is 26.9. The smallest absolute Gasteiger partial charge is 0.348 e. The molecule has 3 fully saturated rings. The highest BCUT2D eigenvalue weighted by molar-refractivity contribution is 5.86. The number of carbonyl (C=O) groups excluding carboxylic acids is 2. The predicted octanol–water partition coefficient (Wildman–Crippen LogP) is 8.22. The number of carbonyl (C=O) groups is 2. The summed E-state index contributed by atoms with van der Waals surface area (Å²) in [5, 5.41) is 0. The van der Waals surface area contributed by atoms with Gasteiger partial charge >= 0.3 is 11.9 Å². The van der Waals surface area contributed by atoms with Gasteiger partial charge in [0, 0.05) is 44.9 Å². The summed E-state index contributed by atoms with van der Waals surface area (Å²) in [6, 6.07) is 20.2. The molecule has 44 heavy (non-hydrogen) atoms. The summed E-state index contributed by atoms with van der Waals surface area (Å²) in [4.78, 5) is 27.1. The maximum Gasteiger partial charge on any atom is 0.348 e. The number of esters is 2. The van der Waals surface area contributed by atoms with E-state index < -0.39 is 11.6 Å². The van der Waals surface area contributed by atoms with E-state index in [1.807, 2.05) is 60.7 Å². The summed E-state index contributed by atoms with van der Waals surface area (Å²) < 4.78 is 19.7. The van der Waals surface area contributed by atoms with Crippen LogP contribution in [0.1, 0.15) is 121 Å². The average molecular weight is 605 g/mol. The summed E-state index contributed by atoms with van der Waals surface area (Å²) in [5.41, 5.74) is -0.183. The molecule has 6 heteroatoms. The minimum atomic E-state index is -1.53. The van der Waals surface area contributed by atoms with Crippen LogP contribution in [0.4, 0.5) is 0 Å². The van der Waals surface area contributed by atoms with Gasteiger partial charge in [0.1, 0.15) is 6.10 Å². The van der Waals surface area contributed by atoms with Gasteiger partial charge < -0.3 is 18.7 Å². The Balaban J connectivity index is 1.22. The third-order valence-electron chi connectivity index (χ3n) is 10.7. The van der Waals surface area contributed by atoms with Gasteiger partial charge in [-0.15, -0.1) is 0 Å². The van der Waals surface area contributed by atoms with Crippen molar-refractivity contribution in [3.8, 4) is 0 Å². The highest BCUT2D eigenvalue weighted by Crippen LogP contribution is 2.47. The van der Waals surface area contributed by atoms with E-state index >= 15 is 0 Å². The van der Waals surface area contributed by atoms with E-state index in [0.29, 0.717) is 29.6 Å². The number of hydrogen-bond acceptors (Lipinski definition) is 5. The van der Waals surface area contributed by atoms with Gasteiger partial charge in [0.25, 0.3) is 0 Å². The fraction of sp³-hybridized carbons (Fsp3) is 0.632. The van der Waals surface area contributed by atoms with Crippen LogP contribution >= 0.6 is 0 Å². The van der Waals surface area contributed by atoms with E-state index in [2.05, 4.69) is 6.92 Å². The van der Waals surface area contributed by atoms with Crippen LogP contribution in [0.5, 0.6) is 0 Å². The van der Waals surface area contributed by atoms with Gasteiger partial charge in [-0.2, -0.15) is 0 Å². The lowest BCUT2D eigenvalue weighted by Gasteiger charge is -2.47. The molecule has 0 radical (unpaired) electrons. The first-order chi connectivity index (χ1) is 21.6. The van der Waals surface area contributed by atoms with Crippen molar-refractivity contribution in [3.63, 3.8) is 0 Å². The molecule has 3 aliphatic rings. The Kier molecular flexibility index (Phi) is 11.9. The van der Waals surface area contributed by atoms with Crippen LogP contribution < -0.4 is 0 Å². The second-order valence-corrected chi connectivity index (χ2v) is 13.4. The monoisotopic (exact) mass is 604 g/mol. The molecule has 2 unspecified atom stereocenters. The van der Waals surface area contributed by atoms with E-state index in [0.717, 1.165) is 32.1 Å². The van der Waals surface area contributed by atoms with Crippen LogP contribution in [0.25, 0.3) is 0 Å². The lowest BCUT2D eigenvalue weighted by atomic mass is 9.85. The average Bonchev–Trinajstić information content (AvgIpc) is 3.59. The number of hydrogen-bond donors (Lipinski definition) is 0. The summed E-state index contributed by atoms with van der Waals surface area (Å²) in [5.74, 6) is -0.719. The lowest BCUT2D eigenvalue weighted by molar-refractivity contribution is -0.956. The Labute approximate surface area is 265 Å². The zero-order valence-corrected chi connectivity index (χ0v) is 26.9. The first kappa shape index (κ1) is 32.7. The van der Waals surface area contributed by atoms with Crippen molar-refractivity contribution >= 4 is 11.9 Å². The van der Waals surface area contributed by atoms with Gasteiger partial charge in [-0.05, 0) is 17.5 Å². The van der Waals surface area contributed by atoms with Crippen molar-refractivity contribution in [2.75, 3.05) is 19.9 Å². The topological polar surface area (TPSA) is 61.8 Å². The fourth-order valence-electron chi connectivity index (χ4n) is 8.35. The van der Waals surface area contributed by atoms with Crippen molar-refractivity contribution in [2.45, 2.75) is 133 Å². The minimum absolute atomic E-state index is 0.131. The molecule has 0 N–H and O–H groups in total. The van der Waals surface area contributed by atoms with Crippen LogP contribution in [-0.2, 0) is 29.4 Å². The van der Waals surface area contributed by atoms with Crippen LogP contribution in [0.15, 0.2) is 60.7 Å². The maximum absolute atomic E-state index is 14.4. The molecule has 0 amide bonds. The molecule has 3 aliphatic heterocycles. The molecular weight excluding hydrogens is 550 g/mol. The number of quaternary nitrogens is 1. The number of rotatable bonds is 17. The third-order valence-corrected chi connectivity index (χ3v) is 10.7. The van der Waals surface area contributed by atoms with Gasteiger partial charge in [0.15, 0.2) is 6.79 Å². The summed E-state index contributed by atoms with van der Waals surface area (Å²) >= 11 is 0. The predicted molar refractivity (Wildman–Crippen MR) is 173 cm³/mol. The Bertz CT molecular complexity index is 1110. The first-order valence-electron chi connectivity index (χ1n) is 17.6. The Morgan fingerprint density at radius 3 is 1.82 bits per heavy atom. The Morgan fingerprint density at radius 1 is 0.750 bits per heavy atom. The Hall–Kier alpha value is -2.70. The molecule has 5 rings (SSSR count). The number of piperidine rings is 1. The second-order valence-electron chi connectivity index (χ2n) is 13.4. The third kappa shape index (κ3) is 7.56. The normalized spacial score (nSPS) is 22.2. The van der Waals surface area contributed by atoms with Crippen LogP contribution in [0.2, 0.25) is 0 Å². The highest BCUT2D eigenvalue weighted by atomic mass is 16.7. The fourth-order valence-corrected chi connectivity index (χ4v) is 8.35. The van der Waals surface area contributed by atoms with Crippen LogP contribution in [0, 0.1) is 0 Å². The van der Waals surface area contributed by atoms with Gasteiger partial charge in [0.2, 0.25) is 5.60 Å². The van der Waals surface area contributed by atoms with Gasteiger partial charge in [-0.25, -0.2) is 4.79 Å². The van der Waals surface area contributed by atoms with Gasteiger partial charge in [-0.3, -0.25) is 4.79 Å². The lowest BCUT2D eigenvalue weighted by Crippen LogP contribution is -2.60. The van der Waals surface area contributed by atoms with Crippen molar-refractivity contribution in [1.82, 2.24) is 0 Å². The molecule has 0 aliphatic carbocycles. The van der Waals surface area contributed by atoms with Crippen molar-refractivity contribution in [3.05, 3.63) is 71.8 Å². The number of ether oxygens (including phenoxy) is 3. The molecule has 0 saturated carbocycles. The largest absolute Gasteiger partial charge is 0.459 e. The van der Waals surface area contributed by atoms with E-state index in [-0.39, 0.29) is 18.9 Å². The van der Waals surface area contributed by atoms with Crippen molar-refractivity contribution in [2.24, 2.45) is 0 Å². The molecular formula is C38H54NO5+. The minimum Gasteiger partial charge on any atom is -0.459 e. The molecule has 2 aromatic carbocycles. The SMILES string of the molecule is CCCCCCCCCCCC(=O)OCOC(C(=O)OC1CC2CCC(C1)[N+]21CCCC1)(c1ccccc1)c1ccccc1. The molecule has 0 aromatic heterocycles. The standard InChI is InChI=1S/C38H54NO5/c1-2-3-4-5-6-7-8-9-16-23-36(40)42-30-43-38(31-19-12-10-13-20-31,32-21-14-11-15-22-32)37(41)44-35-28-33-24-25-34(29-35)39(33)26-17-18-27-39/h10-15,19-22,33-35H,2-9,16-18,23-30H2,1H3/q+1. The maximum atomic E-state index is 14.4. The zero-order chi connectivity index (χ0) is 30.7. The molecule has 2 atom stereocenters. The summed E-state index contributed by atoms with van der Waals surface area (Å²) in [6.07, 6.45) is 17.8. The first-order valence-corrected chi connectivity index (χ1v) is 17.6. The van der Waals surface area contributed by atoms with Gasteiger partial charge in [-0.1, -0.05) is 119 Å². The van der Waals surface area contributed by atoms with E-state index in [4.69, 9.17) is 14.2 Å². The number of nitrogens with zero attached hydrogens (tertiary/aromatic N) is 1. The molecule has 1 spiro atoms. The van der Waals surface area contributed by atoms with Crippen molar-refractivity contribution < 1.29 is 28.3 Å². The van der Waals surface area contributed by atoms with Crippen LogP contribution in [0.3, 0.4) is 0 Å². The van der Waals surface area contributed by atoms with Crippen LogP contribution in [-0.4, -0.2) is 54.5 Å². The highest BCUT2D eigenvalue weighted by Gasteiger charge is 2.57. The summed E-state index contributed by atoms with van der Waals surface area (Å²) in [6.45, 7) is 4.48. The molecule has 6 nitrogen and oxygen atoms in total. The van der Waals surface area contributed by atoms with E-state index in [1.54, 1.807) is 0 Å². The second kappa shape index (κ2) is 16.0. The van der Waals surface area contributed by atoms with E-state index in [9.17, 15) is 9.59 Å².